The molecule has 1 aromatic rings. The summed E-state index contributed by atoms with van der Waals surface area (Å²) in [4.78, 5) is 1.96. The lowest BCUT2D eigenvalue weighted by Crippen LogP contribution is -2.22. The van der Waals surface area contributed by atoms with Crippen LogP contribution in [-0.2, 0) is 6.54 Å². The van der Waals surface area contributed by atoms with Gasteiger partial charge in [-0.05, 0) is 23.8 Å². The summed E-state index contributed by atoms with van der Waals surface area (Å²) in [7, 11) is 0. The monoisotopic (exact) mass is 286 g/mol. The maximum atomic E-state index is 9.50. The Kier molecular flexibility index (Phi) is 3.49. The number of nitrogens with zero attached hydrogens (tertiary/aromatic N) is 1. The molecule has 16 heavy (non-hydrogen) atoms. The normalized spacial score (nSPS) is 25.1. The zero-order valence-corrected chi connectivity index (χ0v) is 10.4. The summed E-state index contributed by atoms with van der Waals surface area (Å²) in [5.41, 5.74) is 7.61. The van der Waals surface area contributed by atoms with E-state index in [0.29, 0.717) is 19.6 Å². The molecule has 1 fully saturated rings. The minimum atomic E-state index is -0.666. The van der Waals surface area contributed by atoms with Crippen LogP contribution < -0.4 is 10.6 Å². The van der Waals surface area contributed by atoms with Crippen molar-refractivity contribution in [2.75, 3.05) is 18.0 Å². The molecule has 0 spiro atoms. The molecule has 2 atom stereocenters. The highest BCUT2D eigenvalue weighted by atomic mass is 79.9. The Labute approximate surface area is 103 Å². The summed E-state index contributed by atoms with van der Waals surface area (Å²) >= 11 is 3.42. The molecule has 0 aromatic heterocycles. The lowest BCUT2D eigenvalue weighted by Gasteiger charge is -2.18. The van der Waals surface area contributed by atoms with E-state index >= 15 is 0 Å². The summed E-state index contributed by atoms with van der Waals surface area (Å²) < 4.78 is 0.960. The Morgan fingerprint density at radius 3 is 2.44 bits per heavy atom. The quantitative estimate of drug-likeness (QED) is 0.738. The SMILES string of the molecule is NCc1cc(Br)cc(N2CC(O)C(O)C2)c1. The Morgan fingerprint density at radius 1 is 1.25 bits per heavy atom. The molecule has 5 heteroatoms. The molecule has 0 aliphatic carbocycles. The van der Waals surface area contributed by atoms with Crippen LogP contribution in [0.1, 0.15) is 5.56 Å². The molecule has 1 aliphatic heterocycles. The Bertz CT molecular complexity index is 376. The minimum Gasteiger partial charge on any atom is -0.389 e. The zero-order chi connectivity index (χ0) is 11.7. The summed E-state index contributed by atoms with van der Waals surface area (Å²) in [6.07, 6.45) is -1.33. The highest BCUT2D eigenvalue weighted by molar-refractivity contribution is 9.10. The Balaban J connectivity index is 2.24. The molecule has 1 heterocycles. The first-order valence-corrected chi connectivity index (χ1v) is 6.00. The van der Waals surface area contributed by atoms with Gasteiger partial charge in [0.1, 0.15) is 0 Å². The first kappa shape index (κ1) is 11.9. The van der Waals surface area contributed by atoms with Crippen LogP contribution in [0.15, 0.2) is 22.7 Å². The molecule has 1 aliphatic rings. The van der Waals surface area contributed by atoms with Crippen molar-refractivity contribution in [2.45, 2.75) is 18.8 Å². The van der Waals surface area contributed by atoms with E-state index < -0.39 is 12.2 Å². The largest absolute Gasteiger partial charge is 0.389 e. The van der Waals surface area contributed by atoms with E-state index in [4.69, 9.17) is 5.73 Å². The second kappa shape index (κ2) is 4.71. The molecule has 2 unspecified atom stereocenters. The van der Waals surface area contributed by atoms with E-state index in [-0.39, 0.29) is 0 Å². The lowest BCUT2D eigenvalue weighted by molar-refractivity contribution is 0.0572. The number of benzene rings is 1. The number of halogens is 1. The molecule has 2 rings (SSSR count). The van der Waals surface area contributed by atoms with E-state index in [1.165, 1.54) is 0 Å². The first-order chi connectivity index (χ1) is 7.60. The molecule has 0 amide bonds. The number of nitrogens with two attached hydrogens (primary N) is 1. The van der Waals surface area contributed by atoms with Crippen molar-refractivity contribution in [3.63, 3.8) is 0 Å². The first-order valence-electron chi connectivity index (χ1n) is 5.21. The van der Waals surface area contributed by atoms with Gasteiger partial charge in [-0.15, -0.1) is 0 Å². The fourth-order valence-electron chi connectivity index (χ4n) is 1.91. The molecule has 4 N–H and O–H groups in total. The van der Waals surface area contributed by atoms with Gasteiger partial charge in [-0.25, -0.2) is 0 Å². The second-order valence-corrected chi connectivity index (χ2v) is 4.98. The van der Waals surface area contributed by atoms with Crippen molar-refractivity contribution in [2.24, 2.45) is 5.73 Å². The Morgan fingerprint density at radius 2 is 1.88 bits per heavy atom. The van der Waals surface area contributed by atoms with Crippen molar-refractivity contribution in [1.29, 1.82) is 0 Å². The summed E-state index contributed by atoms with van der Waals surface area (Å²) in [6.45, 7) is 1.40. The van der Waals surface area contributed by atoms with E-state index in [1.54, 1.807) is 0 Å². The van der Waals surface area contributed by atoms with E-state index in [0.717, 1.165) is 15.7 Å². The van der Waals surface area contributed by atoms with Gasteiger partial charge in [0.15, 0.2) is 0 Å². The maximum absolute atomic E-state index is 9.50. The van der Waals surface area contributed by atoms with E-state index in [2.05, 4.69) is 15.9 Å². The van der Waals surface area contributed by atoms with Crippen LogP contribution in [0, 0.1) is 0 Å². The zero-order valence-electron chi connectivity index (χ0n) is 8.81. The van der Waals surface area contributed by atoms with Gasteiger partial charge in [-0.2, -0.15) is 0 Å². The lowest BCUT2D eigenvalue weighted by atomic mass is 10.2. The number of hydrogen-bond donors (Lipinski definition) is 3. The van der Waals surface area contributed by atoms with Gasteiger partial charge in [0.2, 0.25) is 0 Å². The third kappa shape index (κ3) is 2.38. The van der Waals surface area contributed by atoms with Gasteiger partial charge in [0.05, 0.1) is 12.2 Å². The average Bonchev–Trinajstić information content (AvgIpc) is 2.58. The van der Waals surface area contributed by atoms with Crippen LogP contribution in [0.5, 0.6) is 0 Å². The molecular formula is C11H15BrN2O2. The van der Waals surface area contributed by atoms with Crippen LogP contribution in [0.4, 0.5) is 5.69 Å². The second-order valence-electron chi connectivity index (χ2n) is 4.06. The average molecular weight is 287 g/mol. The van der Waals surface area contributed by atoms with Crippen LogP contribution in [0.25, 0.3) is 0 Å². The fraction of sp³-hybridized carbons (Fsp3) is 0.455. The van der Waals surface area contributed by atoms with Crippen LogP contribution >= 0.6 is 15.9 Å². The highest BCUT2D eigenvalue weighted by Gasteiger charge is 2.29. The fourth-order valence-corrected chi connectivity index (χ4v) is 2.44. The number of anilines is 1. The molecule has 88 valence electrons. The third-order valence-corrected chi connectivity index (χ3v) is 3.26. The van der Waals surface area contributed by atoms with Crippen molar-refractivity contribution >= 4 is 21.6 Å². The standard InChI is InChI=1S/C11H15BrN2O2/c12-8-1-7(4-13)2-9(3-8)14-5-10(15)11(16)6-14/h1-3,10-11,15-16H,4-6,13H2. The van der Waals surface area contributed by atoms with Gasteiger partial charge in [-0.3, -0.25) is 0 Å². The molecule has 4 nitrogen and oxygen atoms in total. The summed E-state index contributed by atoms with van der Waals surface area (Å²) in [5.74, 6) is 0. The topological polar surface area (TPSA) is 69.7 Å². The predicted octanol–water partition coefficient (Wildman–Crippen LogP) is 0.450. The molecule has 1 saturated heterocycles. The number of rotatable bonds is 2. The Hall–Kier alpha value is -0.620. The number of aliphatic hydroxyl groups is 2. The highest BCUT2D eigenvalue weighted by Crippen LogP contribution is 2.26. The van der Waals surface area contributed by atoms with Crippen LogP contribution in [-0.4, -0.2) is 35.5 Å². The molecule has 0 bridgehead atoms. The molecule has 1 aromatic carbocycles. The van der Waals surface area contributed by atoms with Crippen molar-refractivity contribution in [3.05, 3.63) is 28.2 Å². The van der Waals surface area contributed by atoms with Gasteiger partial charge >= 0.3 is 0 Å². The van der Waals surface area contributed by atoms with Crippen molar-refractivity contribution in [1.82, 2.24) is 0 Å². The van der Waals surface area contributed by atoms with Crippen molar-refractivity contribution < 1.29 is 10.2 Å². The van der Waals surface area contributed by atoms with Crippen LogP contribution in [0.3, 0.4) is 0 Å². The number of aliphatic hydroxyl groups excluding tert-OH is 2. The number of hydrogen-bond acceptors (Lipinski definition) is 4. The van der Waals surface area contributed by atoms with Gasteiger partial charge in [-0.1, -0.05) is 15.9 Å². The summed E-state index contributed by atoms with van der Waals surface area (Å²) in [5, 5.41) is 19.0. The summed E-state index contributed by atoms with van der Waals surface area (Å²) in [6, 6.07) is 5.91. The molecule has 0 radical (unpaired) electrons. The van der Waals surface area contributed by atoms with Gasteiger partial charge < -0.3 is 20.8 Å². The predicted molar refractivity (Wildman–Crippen MR) is 66.3 cm³/mol. The van der Waals surface area contributed by atoms with Crippen molar-refractivity contribution in [3.8, 4) is 0 Å². The third-order valence-electron chi connectivity index (χ3n) is 2.80. The van der Waals surface area contributed by atoms with E-state index in [1.807, 2.05) is 23.1 Å². The van der Waals surface area contributed by atoms with E-state index in [9.17, 15) is 10.2 Å². The van der Waals surface area contributed by atoms with Crippen LogP contribution in [0.2, 0.25) is 0 Å². The minimum absolute atomic E-state index is 0.460. The molecular weight excluding hydrogens is 272 g/mol. The molecule has 0 saturated carbocycles. The number of β-amino-alcohol motifs (C(OH)–C–C–N with tert-alkyl or cyclic N) is 2. The van der Waals surface area contributed by atoms with Gasteiger partial charge in [0, 0.05) is 29.8 Å². The smallest absolute Gasteiger partial charge is 0.0990 e. The van der Waals surface area contributed by atoms with Gasteiger partial charge in [0.25, 0.3) is 0 Å². The maximum Gasteiger partial charge on any atom is 0.0990 e.